The van der Waals surface area contributed by atoms with Gasteiger partial charge in [0.25, 0.3) is 0 Å². The highest BCUT2D eigenvalue weighted by atomic mass is 16.4. The number of hydrogen-bond donors (Lipinski definition) is 2. The number of allylic oxidation sites excluding steroid dienone is 2. The lowest BCUT2D eigenvalue weighted by molar-refractivity contribution is -0.154. The molecule has 2 N–H and O–H groups in total. The molecule has 4 aliphatic carbocycles. The second-order valence-electron chi connectivity index (χ2n) is 14.4. The maximum atomic E-state index is 13.0. The molecule has 4 aliphatic rings. The normalized spacial score (nSPS) is 41.4. The molecule has 2 fully saturated rings. The molecule has 0 radical (unpaired) electrons. The summed E-state index contributed by atoms with van der Waals surface area (Å²) in [6.07, 6.45) is 9.43. The summed E-state index contributed by atoms with van der Waals surface area (Å²) in [5.74, 6) is 1.42. The smallest absolute Gasteiger partial charge is 0.304 e. The van der Waals surface area contributed by atoms with E-state index in [-0.39, 0.29) is 34.4 Å². The zero-order valence-electron chi connectivity index (χ0n) is 23.4. The Labute approximate surface area is 213 Å². The largest absolute Gasteiger partial charge is 0.481 e. The molecule has 0 aliphatic heterocycles. The van der Waals surface area contributed by atoms with Gasteiger partial charge in [-0.3, -0.25) is 9.59 Å². The molecule has 0 saturated heterocycles. The third-order valence-electron chi connectivity index (χ3n) is 11.8. The number of fused-ring (bicyclic) bond motifs is 4. The quantitative estimate of drug-likeness (QED) is 0.373. The molecule has 198 valence electrons. The van der Waals surface area contributed by atoms with Crippen LogP contribution in [0.4, 0.5) is 0 Å². The third-order valence-corrected chi connectivity index (χ3v) is 11.8. The number of carbonyl (C=O) groups excluding carboxylic acids is 1. The summed E-state index contributed by atoms with van der Waals surface area (Å²) in [5.41, 5.74) is 1.80. The minimum atomic E-state index is -0.896. The predicted molar refractivity (Wildman–Crippen MR) is 140 cm³/mol. The van der Waals surface area contributed by atoms with Crippen molar-refractivity contribution in [2.24, 2.45) is 45.3 Å². The standard InChI is InChI=1S/C31H50O4/c1-19(2)9-8-10-20(3)21-14-16-31(18-26(33)34)23-11-12-25-28(4,5)27(35)24(32)17-29(25,6)22(23)13-15-30(21,31)7/h19-21,25,27,35H,8-18H2,1-7H3,(H,33,34)/t20-,21-,25?,27+,29-,30-,31-/m1/s1. The van der Waals surface area contributed by atoms with Crippen LogP contribution in [0.2, 0.25) is 0 Å². The SMILES string of the molecule is CC(C)CCC[C@@H](C)[C@H]1CC[C@@]2(CC(=O)O)C3=C(CC[C@]12C)[C@@]1(C)CC(=O)[C@H](O)C(C)(C)C1CC3. The van der Waals surface area contributed by atoms with Crippen molar-refractivity contribution in [2.75, 3.05) is 0 Å². The number of carboxylic acids is 1. The van der Waals surface area contributed by atoms with E-state index in [4.69, 9.17) is 0 Å². The summed E-state index contributed by atoms with van der Waals surface area (Å²) in [4.78, 5) is 25.4. The Kier molecular flexibility index (Phi) is 6.91. The van der Waals surface area contributed by atoms with Gasteiger partial charge < -0.3 is 10.2 Å². The lowest BCUT2D eigenvalue weighted by atomic mass is 9.42. The first kappa shape index (κ1) is 26.9. The van der Waals surface area contributed by atoms with Gasteiger partial charge in [0.1, 0.15) is 6.10 Å². The first-order valence-corrected chi connectivity index (χ1v) is 14.4. The van der Waals surface area contributed by atoms with Crippen LogP contribution in [0.15, 0.2) is 11.1 Å². The Morgan fingerprint density at radius 1 is 1.00 bits per heavy atom. The van der Waals surface area contributed by atoms with Crippen LogP contribution >= 0.6 is 0 Å². The highest BCUT2D eigenvalue weighted by Crippen LogP contribution is 2.73. The van der Waals surface area contributed by atoms with Gasteiger partial charge in [0.2, 0.25) is 0 Å². The minimum Gasteiger partial charge on any atom is -0.481 e. The van der Waals surface area contributed by atoms with Gasteiger partial charge in [-0.2, -0.15) is 0 Å². The van der Waals surface area contributed by atoms with Gasteiger partial charge in [-0.1, -0.05) is 78.9 Å². The fraction of sp³-hybridized carbons (Fsp3) is 0.871. The van der Waals surface area contributed by atoms with Crippen LogP contribution in [0.25, 0.3) is 0 Å². The fourth-order valence-electron chi connectivity index (χ4n) is 10.0. The van der Waals surface area contributed by atoms with Crippen molar-refractivity contribution in [1.82, 2.24) is 0 Å². The zero-order valence-corrected chi connectivity index (χ0v) is 23.4. The maximum Gasteiger partial charge on any atom is 0.304 e. The van der Waals surface area contributed by atoms with Crippen LogP contribution in [0.3, 0.4) is 0 Å². The van der Waals surface area contributed by atoms with Crippen LogP contribution in [0.5, 0.6) is 0 Å². The Morgan fingerprint density at radius 2 is 1.69 bits per heavy atom. The van der Waals surface area contributed by atoms with Gasteiger partial charge in [-0.25, -0.2) is 0 Å². The van der Waals surface area contributed by atoms with Crippen LogP contribution in [-0.4, -0.2) is 28.1 Å². The van der Waals surface area contributed by atoms with E-state index in [0.717, 1.165) is 44.4 Å². The van der Waals surface area contributed by atoms with Gasteiger partial charge in [0.05, 0.1) is 6.42 Å². The summed E-state index contributed by atoms with van der Waals surface area (Å²) in [5, 5.41) is 21.0. The molecule has 0 heterocycles. The second kappa shape index (κ2) is 8.99. The van der Waals surface area contributed by atoms with Crippen molar-refractivity contribution in [3.63, 3.8) is 0 Å². The summed E-state index contributed by atoms with van der Waals surface area (Å²) in [6.45, 7) is 15.8. The number of aliphatic hydroxyl groups excluding tert-OH is 1. The van der Waals surface area contributed by atoms with E-state index in [1.54, 1.807) is 0 Å². The Balaban J connectivity index is 1.75. The van der Waals surface area contributed by atoms with Crippen LogP contribution in [0, 0.1) is 45.3 Å². The van der Waals surface area contributed by atoms with E-state index >= 15 is 0 Å². The molecule has 0 aromatic rings. The van der Waals surface area contributed by atoms with Crippen LogP contribution in [-0.2, 0) is 9.59 Å². The molecule has 4 heteroatoms. The molecule has 35 heavy (non-hydrogen) atoms. The molecule has 2 saturated carbocycles. The molecule has 4 rings (SSSR count). The molecule has 0 aromatic carbocycles. The molecule has 0 spiro atoms. The first-order chi connectivity index (χ1) is 16.2. The van der Waals surface area contributed by atoms with E-state index in [9.17, 15) is 19.8 Å². The zero-order chi connectivity index (χ0) is 26.0. The van der Waals surface area contributed by atoms with E-state index in [0.29, 0.717) is 18.3 Å². The minimum absolute atomic E-state index is 0.00161. The molecular weight excluding hydrogens is 436 g/mol. The topological polar surface area (TPSA) is 74.6 Å². The average Bonchev–Trinajstić information content (AvgIpc) is 3.04. The number of aliphatic carboxylic acids is 1. The summed E-state index contributed by atoms with van der Waals surface area (Å²) in [6, 6.07) is 0. The van der Waals surface area contributed by atoms with Crippen molar-refractivity contribution in [3.05, 3.63) is 11.1 Å². The average molecular weight is 487 g/mol. The van der Waals surface area contributed by atoms with Gasteiger partial charge in [-0.15, -0.1) is 0 Å². The van der Waals surface area contributed by atoms with Crippen molar-refractivity contribution in [1.29, 1.82) is 0 Å². The predicted octanol–water partition coefficient (Wildman–Crippen LogP) is 7.19. The molecule has 7 atom stereocenters. The van der Waals surface area contributed by atoms with Gasteiger partial charge in [0.15, 0.2) is 5.78 Å². The van der Waals surface area contributed by atoms with E-state index in [1.807, 2.05) is 0 Å². The molecule has 0 bridgehead atoms. The number of ketones is 1. The van der Waals surface area contributed by atoms with E-state index in [2.05, 4.69) is 48.5 Å². The molecular formula is C31H50O4. The number of carbonyl (C=O) groups is 2. The first-order valence-electron chi connectivity index (χ1n) is 14.4. The monoisotopic (exact) mass is 486 g/mol. The van der Waals surface area contributed by atoms with Gasteiger partial charge in [0, 0.05) is 17.3 Å². The van der Waals surface area contributed by atoms with Gasteiger partial charge in [-0.05, 0) is 73.0 Å². The second-order valence-corrected chi connectivity index (χ2v) is 14.4. The Hall–Kier alpha value is -1.16. The molecule has 0 aromatic heterocycles. The lowest BCUT2D eigenvalue weighted by Gasteiger charge is -2.62. The summed E-state index contributed by atoms with van der Waals surface area (Å²) >= 11 is 0. The van der Waals surface area contributed by atoms with E-state index < -0.39 is 17.5 Å². The van der Waals surface area contributed by atoms with Crippen molar-refractivity contribution in [3.8, 4) is 0 Å². The third kappa shape index (κ3) is 3.96. The summed E-state index contributed by atoms with van der Waals surface area (Å²) in [7, 11) is 0. The van der Waals surface area contributed by atoms with Crippen molar-refractivity contribution < 1.29 is 19.8 Å². The highest BCUT2D eigenvalue weighted by molar-refractivity contribution is 5.86. The van der Waals surface area contributed by atoms with Crippen LogP contribution in [0.1, 0.15) is 119 Å². The number of Topliss-reactive ketones (excluding diaryl/α,β-unsaturated/α-hetero) is 1. The van der Waals surface area contributed by atoms with Crippen molar-refractivity contribution in [2.45, 2.75) is 125 Å². The number of carboxylic acid groups (broad SMARTS) is 1. The highest BCUT2D eigenvalue weighted by Gasteiger charge is 2.66. The van der Waals surface area contributed by atoms with Crippen molar-refractivity contribution >= 4 is 11.8 Å². The molecule has 4 nitrogen and oxygen atoms in total. The maximum absolute atomic E-state index is 13.0. The number of rotatable bonds is 7. The Morgan fingerprint density at radius 3 is 2.31 bits per heavy atom. The molecule has 0 amide bonds. The number of hydrogen-bond acceptors (Lipinski definition) is 3. The van der Waals surface area contributed by atoms with Gasteiger partial charge >= 0.3 is 5.97 Å². The van der Waals surface area contributed by atoms with E-state index in [1.165, 1.54) is 30.4 Å². The Bertz CT molecular complexity index is 900. The van der Waals surface area contributed by atoms with Crippen LogP contribution < -0.4 is 0 Å². The summed E-state index contributed by atoms with van der Waals surface area (Å²) < 4.78 is 0. The lowest BCUT2D eigenvalue weighted by Crippen LogP contribution is -2.58. The fourth-order valence-corrected chi connectivity index (χ4v) is 10.0. The molecule has 1 unspecified atom stereocenters. The number of aliphatic hydroxyl groups is 1.